The summed E-state index contributed by atoms with van der Waals surface area (Å²) in [6.45, 7) is 1.74. The van der Waals surface area contributed by atoms with Gasteiger partial charge in [0.05, 0.1) is 6.07 Å². The van der Waals surface area contributed by atoms with Crippen LogP contribution in [0.2, 0.25) is 0 Å². The van der Waals surface area contributed by atoms with Crippen LogP contribution in [0.4, 0.5) is 0 Å². The van der Waals surface area contributed by atoms with Gasteiger partial charge in [-0.05, 0) is 24.7 Å². The summed E-state index contributed by atoms with van der Waals surface area (Å²) in [7, 11) is 0. The quantitative estimate of drug-likeness (QED) is 0.739. The Labute approximate surface area is 108 Å². The molecule has 0 spiro atoms. The van der Waals surface area contributed by atoms with E-state index in [1.807, 2.05) is 6.07 Å². The Hall–Kier alpha value is -1.57. The van der Waals surface area contributed by atoms with E-state index < -0.39 is 11.9 Å². The second-order valence-electron chi connectivity index (χ2n) is 5.14. The molecule has 0 radical (unpaired) electrons. The number of carbonyl (C=O) groups is 2. The Morgan fingerprint density at radius 2 is 2.06 bits per heavy atom. The van der Waals surface area contributed by atoms with Crippen LogP contribution in [0.5, 0.6) is 0 Å². The van der Waals surface area contributed by atoms with Crippen LogP contribution in [-0.2, 0) is 9.59 Å². The topological polar surface area (TPSA) is 96.0 Å². The number of nitriles is 1. The predicted octanol–water partition coefficient (Wildman–Crippen LogP) is 1.09. The monoisotopic (exact) mass is 251 g/mol. The van der Waals surface area contributed by atoms with Gasteiger partial charge in [-0.1, -0.05) is 19.8 Å². The van der Waals surface area contributed by atoms with E-state index in [2.05, 4.69) is 5.32 Å². The third-order valence-electron chi connectivity index (χ3n) is 3.55. The molecule has 0 aliphatic heterocycles. The van der Waals surface area contributed by atoms with Gasteiger partial charge >= 0.3 is 0 Å². The fourth-order valence-electron chi connectivity index (χ4n) is 2.46. The lowest BCUT2D eigenvalue weighted by molar-refractivity contribution is -0.129. The van der Waals surface area contributed by atoms with Gasteiger partial charge in [0.2, 0.25) is 11.8 Å². The molecule has 18 heavy (non-hydrogen) atoms. The van der Waals surface area contributed by atoms with Crippen molar-refractivity contribution in [3.63, 3.8) is 0 Å². The smallest absolute Gasteiger partial charge is 0.240 e. The van der Waals surface area contributed by atoms with Crippen molar-refractivity contribution in [3.05, 3.63) is 0 Å². The Morgan fingerprint density at radius 1 is 1.44 bits per heavy atom. The molecular weight excluding hydrogens is 230 g/mol. The van der Waals surface area contributed by atoms with Crippen LogP contribution < -0.4 is 11.1 Å². The number of amides is 2. The molecule has 1 aliphatic rings. The zero-order valence-corrected chi connectivity index (χ0v) is 10.8. The number of primary amides is 1. The molecule has 2 amide bonds. The molecule has 1 saturated carbocycles. The molecule has 0 aromatic heterocycles. The number of hydrogen-bond donors (Lipinski definition) is 2. The average Bonchev–Trinajstić information content (AvgIpc) is 2.78. The van der Waals surface area contributed by atoms with Gasteiger partial charge in [-0.25, -0.2) is 0 Å². The van der Waals surface area contributed by atoms with Gasteiger partial charge < -0.3 is 11.1 Å². The summed E-state index contributed by atoms with van der Waals surface area (Å²) in [4.78, 5) is 23.1. The van der Waals surface area contributed by atoms with Crippen molar-refractivity contribution in [1.29, 1.82) is 5.26 Å². The minimum Gasteiger partial charge on any atom is -0.368 e. The van der Waals surface area contributed by atoms with Crippen molar-refractivity contribution in [3.8, 4) is 6.07 Å². The number of nitrogens with two attached hydrogens (primary N) is 1. The highest BCUT2D eigenvalue weighted by Gasteiger charge is 2.26. The summed E-state index contributed by atoms with van der Waals surface area (Å²) >= 11 is 0. The largest absolute Gasteiger partial charge is 0.368 e. The van der Waals surface area contributed by atoms with Crippen LogP contribution in [0.3, 0.4) is 0 Å². The number of rotatable bonds is 6. The Kier molecular flexibility index (Phi) is 5.63. The van der Waals surface area contributed by atoms with Crippen LogP contribution in [0.25, 0.3) is 0 Å². The van der Waals surface area contributed by atoms with E-state index in [-0.39, 0.29) is 18.2 Å². The molecule has 0 bridgehead atoms. The Bertz CT molecular complexity index is 343. The van der Waals surface area contributed by atoms with Crippen molar-refractivity contribution in [2.75, 3.05) is 0 Å². The van der Waals surface area contributed by atoms with E-state index in [9.17, 15) is 9.59 Å². The molecule has 1 fully saturated rings. The normalized spacial score (nSPS) is 18.9. The molecule has 0 aromatic rings. The maximum atomic E-state index is 11.8. The van der Waals surface area contributed by atoms with Crippen LogP contribution >= 0.6 is 0 Å². The number of carbonyl (C=O) groups excluding carboxylic acids is 2. The zero-order valence-electron chi connectivity index (χ0n) is 10.8. The molecule has 5 nitrogen and oxygen atoms in total. The van der Waals surface area contributed by atoms with E-state index in [1.165, 1.54) is 12.8 Å². The molecule has 2 atom stereocenters. The summed E-state index contributed by atoms with van der Waals surface area (Å²) in [5, 5.41) is 11.3. The number of hydrogen-bond acceptors (Lipinski definition) is 3. The van der Waals surface area contributed by atoms with E-state index in [0.29, 0.717) is 12.3 Å². The first-order valence-electron chi connectivity index (χ1n) is 6.50. The first-order valence-corrected chi connectivity index (χ1v) is 6.50. The van der Waals surface area contributed by atoms with Crippen molar-refractivity contribution in [1.82, 2.24) is 5.32 Å². The van der Waals surface area contributed by atoms with Crippen LogP contribution in [0, 0.1) is 23.2 Å². The van der Waals surface area contributed by atoms with Gasteiger partial charge in [-0.2, -0.15) is 5.26 Å². The van der Waals surface area contributed by atoms with Crippen LogP contribution in [-0.4, -0.2) is 17.9 Å². The summed E-state index contributed by atoms with van der Waals surface area (Å²) in [6, 6.07) is 1.25. The molecule has 5 heteroatoms. The maximum absolute atomic E-state index is 11.8. The molecule has 0 heterocycles. The SMILES string of the molecule is C[C@H](CC#N)[C@@H](NC(=O)CC1CCCC1)C(N)=O. The minimum atomic E-state index is -0.737. The molecular formula is C13H21N3O2. The van der Waals surface area contributed by atoms with Crippen LogP contribution in [0.15, 0.2) is 0 Å². The second kappa shape index (κ2) is 7.00. The minimum absolute atomic E-state index is 0.129. The third-order valence-corrected chi connectivity index (χ3v) is 3.55. The third kappa shape index (κ3) is 4.36. The second-order valence-corrected chi connectivity index (χ2v) is 5.14. The van der Waals surface area contributed by atoms with Crippen molar-refractivity contribution in [2.24, 2.45) is 17.6 Å². The average molecular weight is 251 g/mol. The fourth-order valence-corrected chi connectivity index (χ4v) is 2.46. The van der Waals surface area contributed by atoms with E-state index in [4.69, 9.17) is 11.0 Å². The highest BCUT2D eigenvalue weighted by molar-refractivity contribution is 5.86. The molecule has 0 unspecified atom stereocenters. The van der Waals surface area contributed by atoms with Gasteiger partial charge in [0, 0.05) is 12.8 Å². The Balaban J connectivity index is 2.47. The van der Waals surface area contributed by atoms with Gasteiger partial charge in [0.15, 0.2) is 0 Å². The standard InChI is InChI=1S/C13H21N3O2/c1-9(6-7-14)12(13(15)18)16-11(17)8-10-4-2-3-5-10/h9-10,12H,2-6,8H2,1H3,(H2,15,18)(H,16,17)/t9-,12-/m1/s1. The number of nitrogens with one attached hydrogen (secondary N) is 1. The maximum Gasteiger partial charge on any atom is 0.240 e. The molecule has 1 aliphatic carbocycles. The molecule has 100 valence electrons. The highest BCUT2D eigenvalue weighted by Crippen LogP contribution is 2.27. The summed E-state index contributed by atoms with van der Waals surface area (Å²) in [6.07, 6.45) is 5.20. The Morgan fingerprint density at radius 3 is 2.56 bits per heavy atom. The predicted molar refractivity (Wildman–Crippen MR) is 67.1 cm³/mol. The molecule has 0 aromatic carbocycles. The van der Waals surface area contributed by atoms with Crippen molar-refractivity contribution in [2.45, 2.75) is 51.5 Å². The lowest BCUT2D eigenvalue weighted by atomic mass is 9.97. The van der Waals surface area contributed by atoms with E-state index in [0.717, 1.165) is 12.8 Å². The van der Waals surface area contributed by atoms with Crippen molar-refractivity contribution >= 4 is 11.8 Å². The molecule has 1 rings (SSSR count). The van der Waals surface area contributed by atoms with Gasteiger partial charge in [-0.3, -0.25) is 9.59 Å². The summed E-state index contributed by atoms with van der Waals surface area (Å²) in [5.74, 6) is -0.516. The highest BCUT2D eigenvalue weighted by atomic mass is 16.2. The van der Waals surface area contributed by atoms with Crippen molar-refractivity contribution < 1.29 is 9.59 Å². The molecule has 0 saturated heterocycles. The van der Waals surface area contributed by atoms with Gasteiger partial charge in [0.1, 0.15) is 6.04 Å². The van der Waals surface area contributed by atoms with E-state index >= 15 is 0 Å². The summed E-state index contributed by atoms with van der Waals surface area (Å²) < 4.78 is 0. The molecule has 3 N–H and O–H groups in total. The fraction of sp³-hybridized carbons (Fsp3) is 0.769. The summed E-state index contributed by atoms with van der Waals surface area (Å²) in [5.41, 5.74) is 5.26. The van der Waals surface area contributed by atoms with Gasteiger partial charge in [-0.15, -0.1) is 0 Å². The first-order chi connectivity index (χ1) is 8.54. The van der Waals surface area contributed by atoms with Gasteiger partial charge in [0.25, 0.3) is 0 Å². The van der Waals surface area contributed by atoms with E-state index in [1.54, 1.807) is 6.92 Å². The first kappa shape index (κ1) is 14.5. The van der Waals surface area contributed by atoms with Crippen LogP contribution in [0.1, 0.15) is 45.4 Å². The lowest BCUT2D eigenvalue weighted by Crippen LogP contribution is -2.48. The zero-order chi connectivity index (χ0) is 13.5. The number of nitrogens with zero attached hydrogens (tertiary/aromatic N) is 1. The lowest BCUT2D eigenvalue weighted by Gasteiger charge is -2.21.